The van der Waals surface area contributed by atoms with Crippen molar-refractivity contribution in [3.05, 3.63) is 99.6 Å². The quantitative estimate of drug-likeness (QED) is 0.398. The van der Waals surface area contributed by atoms with E-state index >= 15 is 0 Å². The number of nitrogens with zero attached hydrogens (tertiary/aromatic N) is 3. The Morgan fingerprint density at radius 3 is 2.57 bits per heavy atom. The van der Waals surface area contributed by atoms with E-state index in [1.54, 1.807) is 23.8 Å². The fourth-order valence-corrected chi connectivity index (χ4v) is 5.86. The third-order valence-corrected chi connectivity index (χ3v) is 8.13. The molecule has 0 aliphatic carbocycles. The molecule has 0 unspecified atom stereocenters. The van der Waals surface area contributed by atoms with Gasteiger partial charge in [-0.25, -0.2) is 0 Å². The van der Waals surface area contributed by atoms with Gasteiger partial charge < -0.3 is 14.4 Å². The lowest BCUT2D eigenvalue weighted by Gasteiger charge is -2.42. The first-order valence-corrected chi connectivity index (χ1v) is 13.2. The number of ether oxygens (including phenoxy) is 2. The zero-order chi connectivity index (χ0) is 25.9. The van der Waals surface area contributed by atoms with Gasteiger partial charge in [0.15, 0.2) is 11.5 Å². The predicted molar refractivity (Wildman–Crippen MR) is 146 cm³/mol. The predicted octanol–water partition coefficient (Wildman–Crippen LogP) is 6.11. The number of anilines is 1. The summed E-state index contributed by atoms with van der Waals surface area (Å²) in [6.07, 6.45) is 0.237. The van der Waals surface area contributed by atoms with Crippen molar-refractivity contribution in [2.75, 3.05) is 24.6 Å². The van der Waals surface area contributed by atoms with Gasteiger partial charge >= 0.3 is 0 Å². The molecular weight excluding hydrogens is 482 g/mol. The number of allylic oxidation sites excluding steroid dienone is 1. The molecule has 0 spiro atoms. The second kappa shape index (κ2) is 10.6. The lowest BCUT2D eigenvalue weighted by molar-refractivity contribution is -0.129. The van der Waals surface area contributed by atoms with Crippen molar-refractivity contribution in [3.63, 3.8) is 0 Å². The van der Waals surface area contributed by atoms with Crippen LogP contribution in [0.15, 0.2) is 77.3 Å². The van der Waals surface area contributed by atoms with Gasteiger partial charge in [-0.05, 0) is 60.4 Å². The summed E-state index contributed by atoms with van der Waals surface area (Å²) in [4.78, 5) is 17.3. The molecule has 1 amide bonds. The lowest BCUT2D eigenvalue weighted by atomic mass is 9.86. The van der Waals surface area contributed by atoms with Gasteiger partial charge in [-0.15, -0.1) is 0 Å². The Morgan fingerprint density at radius 1 is 1.03 bits per heavy atom. The molecule has 5 rings (SSSR count). The molecule has 7 heteroatoms. The number of thioether (sulfide) groups is 1. The molecule has 0 saturated carbocycles. The first kappa shape index (κ1) is 24.8. The minimum absolute atomic E-state index is 0.0170. The van der Waals surface area contributed by atoms with Crippen LogP contribution < -0.4 is 14.4 Å². The van der Waals surface area contributed by atoms with Crippen molar-refractivity contribution in [2.45, 2.75) is 32.8 Å². The summed E-state index contributed by atoms with van der Waals surface area (Å²) in [5.41, 5.74) is 6.11. The van der Waals surface area contributed by atoms with Gasteiger partial charge in [0, 0.05) is 18.0 Å². The highest BCUT2D eigenvalue weighted by Crippen LogP contribution is 2.44. The van der Waals surface area contributed by atoms with Crippen LogP contribution in [0, 0.1) is 25.2 Å². The Labute approximate surface area is 222 Å². The molecular formula is C30H29N3O3S. The molecule has 3 aromatic carbocycles. The monoisotopic (exact) mass is 511 g/mol. The Balaban J connectivity index is 1.39. The molecule has 2 aliphatic rings. The van der Waals surface area contributed by atoms with Crippen LogP contribution in [0.5, 0.6) is 11.5 Å². The highest BCUT2D eigenvalue weighted by molar-refractivity contribution is 8.03. The maximum Gasteiger partial charge on any atom is 0.229 e. The average Bonchev–Trinajstić information content (AvgIpc) is 2.93. The summed E-state index contributed by atoms with van der Waals surface area (Å²) in [6, 6.07) is 24.4. The van der Waals surface area contributed by atoms with E-state index in [9.17, 15) is 10.1 Å². The highest BCUT2D eigenvalue weighted by atomic mass is 32.2. The maximum absolute atomic E-state index is 13.3. The van der Waals surface area contributed by atoms with E-state index in [0.717, 1.165) is 21.8 Å². The van der Waals surface area contributed by atoms with Crippen LogP contribution in [-0.4, -0.2) is 30.5 Å². The minimum atomic E-state index is -0.318. The van der Waals surface area contributed by atoms with E-state index in [0.29, 0.717) is 36.2 Å². The van der Waals surface area contributed by atoms with E-state index in [1.165, 1.54) is 11.1 Å². The van der Waals surface area contributed by atoms with Crippen LogP contribution >= 0.6 is 11.8 Å². The topological polar surface area (TPSA) is 65.8 Å². The number of methoxy groups -OCH3 is 1. The smallest absolute Gasteiger partial charge is 0.229 e. The third kappa shape index (κ3) is 5.03. The van der Waals surface area contributed by atoms with Crippen LogP contribution in [0.4, 0.5) is 5.69 Å². The van der Waals surface area contributed by atoms with Crippen molar-refractivity contribution in [3.8, 4) is 17.6 Å². The summed E-state index contributed by atoms with van der Waals surface area (Å²) in [6.45, 7) is 5.05. The normalized spacial score (nSPS) is 17.4. The van der Waals surface area contributed by atoms with Gasteiger partial charge in [0.05, 0.1) is 36.3 Å². The molecule has 1 saturated heterocycles. The van der Waals surface area contributed by atoms with E-state index in [1.807, 2.05) is 48.5 Å². The van der Waals surface area contributed by atoms with Gasteiger partial charge in [0.1, 0.15) is 6.61 Å². The second-order valence-corrected chi connectivity index (χ2v) is 10.3. The van der Waals surface area contributed by atoms with Crippen LogP contribution in [0.3, 0.4) is 0 Å². The first-order valence-electron chi connectivity index (χ1n) is 12.2. The number of rotatable bonds is 6. The average molecular weight is 512 g/mol. The molecule has 2 aliphatic heterocycles. The summed E-state index contributed by atoms with van der Waals surface area (Å²) in [7, 11) is 1.60. The minimum Gasteiger partial charge on any atom is -0.493 e. The Bertz CT molecular complexity index is 1400. The molecule has 3 aromatic rings. The number of benzene rings is 3. The van der Waals surface area contributed by atoms with E-state index < -0.39 is 0 Å². The molecule has 37 heavy (non-hydrogen) atoms. The van der Waals surface area contributed by atoms with Gasteiger partial charge in [0.25, 0.3) is 0 Å². The second-order valence-electron chi connectivity index (χ2n) is 9.32. The summed E-state index contributed by atoms with van der Waals surface area (Å²) in [5, 5.41) is 10.9. The number of carbonyl (C=O) groups excluding carboxylic acids is 1. The number of nitriles is 1. The van der Waals surface area contributed by atoms with Gasteiger partial charge in [0.2, 0.25) is 5.91 Å². The summed E-state index contributed by atoms with van der Waals surface area (Å²) >= 11 is 1.55. The van der Waals surface area contributed by atoms with Gasteiger partial charge in [-0.2, -0.15) is 5.26 Å². The van der Waals surface area contributed by atoms with E-state index in [2.05, 4.69) is 43.0 Å². The third-order valence-electron chi connectivity index (χ3n) is 6.98. The van der Waals surface area contributed by atoms with Crippen LogP contribution in [0.25, 0.3) is 0 Å². The van der Waals surface area contributed by atoms with Gasteiger partial charge in [-0.3, -0.25) is 9.69 Å². The molecule has 0 bridgehead atoms. The lowest BCUT2D eigenvalue weighted by Crippen LogP contribution is -2.47. The number of carbonyl (C=O) groups is 1. The van der Waals surface area contributed by atoms with Crippen LogP contribution in [0.1, 0.15) is 34.6 Å². The number of fused-ring (bicyclic) bond motifs is 1. The zero-order valence-electron chi connectivity index (χ0n) is 21.2. The molecule has 1 atom stereocenters. The Kier molecular flexibility index (Phi) is 7.11. The molecule has 1 fully saturated rings. The maximum atomic E-state index is 13.3. The number of amides is 1. The van der Waals surface area contributed by atoms with E-state index in [4.69, 9.17) is 9.47 Å². The van der Waals surface area contributed by atoms with Crippen molar-refractivity contribution in [2.24, 2.45) is 0 Å². The molecule has 0 N–H and O–H groups in total. The molecule has 6 nitrogen and oxygen atoms in total. The number of aryl methyl sites for hydroxylation is 2. The molecule has 188 valence electrons. The molecule has 2 heterocycles. The number of hydrogen-bond acceptors (Lipinski definition) is 6. The largest absolute Gasteiger partial charge is 0.493 e. The fraction of sp³-hybridized carbons (Fsp3) is 0.267. The van der Waals surface area contributed by atoms with Crippen LogP contribution in [0.2, 0.25) is 0 Å². The van der Waals surface area contributed by atoms with Gasteiger partial charge in [-0.1, -0.05) is 54.2 Å². The summed E-state index contributed by atoms with van der Waals surface area (Å²) < 4.78 is 11.6. The van der Waals surface area contributed by atoms with Crippen molar-refractivity contribution in [1.82, 2.24) is 4.90 Å². The zero-order valence-corrected chi connectivity index (χ0v) is 22.0. The highest BCUT2D eigenvalue weighted by Gasteiger charge is 2.38. The Morgan fingerprint density at radius 2 is 1.84 bits per heavy atom. The molecule has 0 radical (unpaired) electrons. The van der Waals surface area contributed by atoms with E-state index in [-0.39, 0.29) is 18.2 Å². The van der Waals surface area contributed by atoms with Crippen molar-refractivity contribution >= 4 is 23.4 Å². The van der Waals surface area contributed by atoms with Crippen molar-refractivity contribution < 1.29 is 14.3 Å². The SMILES string of the molecule is COc1cc([C@@H]2CC(=O)N3CN(c4ccc(C)c(C)c4)CSC3=C2C#N)ccc1OCc1ccccc1. The number of hydrogen-bond donors (Lipinski definition) is 0. The Hall–Kier alpha value is -3.89. The van der Waals surface area contributed by atoms with Crippen LogP contribution in [-0.2, 0) is 11.4 Å². The fourth-order valence-electron chi connectivity index (χ4n) is 4.69. The molecule has 0 aromatic heterocycles. The summed E-state index contributed by atoms with van der Waals surface area (Å²) in [5.74, 6) is 1.59. The van der Waals surface area contributed by atoms with Crippen molar-refractivity contribution in [1.29, 1.82) is 5.26 Å². The first-order chi connectivity index (χ1) is 18.0. The standard InChI is InChI=1S/C30H29N3O3S/c1-20-9-11-24(13-21(20)2)32-18-33-29(34)15-25(26(16-31)30(33)37-19-32)23-10-12-27(28(14-23)35-3)36-17-22-7-5-4-6-8-22/h4-14,25H,15,17-19H2,1-3H3/t25-/m0/s1.